The monoisotopic (exact) mass is 383 g/mol. The molecule has 6 heteroatoms. The number of rotatable bonds is 8. The van der Waals surface area contributed by atoms with E-state index in [-0.39, 0.29) is 5.97 Å². The number of thiazole rings is 1. The summed E-state index contributed by atoms with van der Waals surface area (Å²) in [5.41, 5.74) is 1.60. The second kappa shape index (κ2) is 9.02. The zero-order chi connectivity index (χ0) is 15.8. The topological polar surface area (TPSA) is 48.4 Å². The number of esters is 1. The van der Waals surface area contributed by atoms with E-state index in [1.54, 1.807) is 0 Å². The van der Waals surface area contributed by atoms with Gasteiger partial charge in [0.25, 0.3) is 0 Å². The van der Waals surface area contributed by atoms with Crippen LogP contribution < -0.4 is 0 Å². The molecule has 0 bridgehead atoms. The lowest BCUT2D eigenvalue weighted by molar-refractivity contribution is 0.0593. The van der Waals surface area contributed by atoms with Crippen molar-refractivity contribution in [2.24, 2.45) is 0 Å². The standard InChI is InChI=1S/C16H18BrNO3S/c1-20-15(19)14-13(22-16(17)18-14)9-5-6-10-21-11-12-7-3-2-4-8-12/h2-4,7-8H,5-6,9-11H2,1H3. The molecular formula is C16H18BrNO3S. The molecule has 0 atom stereocenters. The van der Waals surface area contributed by atoms with Crippen molar-refractivity contribution in [2.45, 2.75) is 25.9 Å². The van der Waals surface area contributed by atoms with Crippen LogP contribution in [0.4, 0.5) is 0 Å². The molecule has 0 spiro atoms. The predicted octanol–water partition coefficient (Wildman–Crippen LogP) is 4.23. The molecule has 2 rings (SSSR count). The van der Waals surface area contributed by atoms with Gasteiger partial charge < -0.3 is 9.47 Å². The third-order valence-corrected chi connectivity index (χ3v) is 4.67. The number of unbranched alkanes of at least 4 members (excludes halogenated alkanes) is 1. The number of hydrogen-bond acceptors (Lipinski definition) is 5. The van der Waals surface area contributed by atoms with Gasteiger partial charge in [-0.05, 0) is 40.8 Å². The number of aromatic nitrogens is 1. The number of benzene rings is 1. The molecule has 118 valence electrons. The van der Waals surface area contributed by atoms with Gasteiger partial charge in [-0.2, -0.15) is 0 Å². The SMILES string of the molecule is COC(=O)c1nc(Br)sc1CCCCOCc1ccccc1. The minimum absolute atomic E-state index is 0.378. The lowest BCUT2D eigenvalue weighted by atomic mass is 10.2. The summed E-state index contributed by atoms with van der Waals surface area (Å²) in [5.74, 6) is -0.378. The van der Waals surface area contributed by atoms with Crippen molar-refractivity contribution in [1.82, 2.24) is 4.98 Å². The third-order valence-electron chi connectivity index (χ3n) is 3.10. The summed E-state index contributed by atoms with van der Waals surface area (Å²) in [4.78, 5) is 16.7. The molecule has 0 aliphatic heterocycles. The first kappa shape index (κ1) is 17.1. The van der Waals surface area contributed by atoms with Crippen molar-refractivity contribution in [3.63, 3.8) is 0 Å². The van der Waals surface area contributed by atoms with Gasteiger partial charge >= 0.3 is 5.97 Å². The Morgan fingerprint density at radius 2 is 2.05 bits per heavy atom. The van der Waals surface area contributed by atoms with Crippen LogP contribution in [0.25, 0.3) is 0 Å². The van der Waals surface area contributed by atoms with Crippen molar-refractivity contribution in [1.29, 1.82) is 0 Å². The van der Waals surface area contributed by atoms with Crippen LogP contribution in [-0.2, 0) is 22.5 Å². The zero-order valence-electron chi connectivity index (χ0n) is 12.4. The van der Waals surface area contributed by atoms with Crippen molar-refractivity contribution in [3.05, 3.63) is 50.4 Å². The first-order valence-corrected chi connectivity index (χ1v) is 8.67. The molecule has 2 aromatic rings. The van der Waals surface area contributed by atoms with Gasteiger partial charge in [0.2, 0.25) is 0 Å². The highest BCUT2D eigenvalue weighted by Gasteiger charge is 2.17. The Bertz CT molecular complexity index is 601. The van der Waals surface area contributed by atoms with Crippen LogP contribution >= 0.6 is 27.3 Å². The fraction of sp³-hybridized carbons (Fsp3) is 0.375. The average Bonchev–Trinajstić information content (AvgIpc) is 2.92. The minimum atomic E-state index is -0.378. The third kappa shape index (κ3) is 5.19. The smallest absolute Gasteiger partial charge is 0.357 e. The molecule has 1 heterocycles. The highest BCUT2D eigenvalue weighted by atomic mass is 79.9. The van der Waals surface area contributed by atoms with Gasteiger partial charge in [-0.1, -0.05) is 30.3 Å². The summed E-state index contributed by atoms with van der Waals surface area (Å²) in [6.07, 6.45) is 2.71. The molecule has 0 saturated carbocycles. The fourth-order valence-corrected chi connectivity index (χ4v) is 3.58. The van der Waals surface area contributed by atoms with Gasteiger partial charge in [0.15, 0.2) is 9.61 Å². The Balaban J connectivity index is 1.70. The van der Waals surface area contributed by atoms with Gasteiger partial charge in [0.1, 0.15) is 0 Å². The van der Waals surface area contributed by atoms with E-state index in [0.717, 1.165) is 24.1 Å². The molecule has 0 unspecified atom stereocenters. The highest BCUT2D eigenvalue weighted by molar-refractivity contribution is 9.11. The lowest BCUT2D eigenvalue weighted by Crippen LogP contribution is -2.05. The van der Waals surface area contributed by atoms with Crippen LogP contribution in [0.5, 0.6) is 0 Å². The van der Waals surface area contributed by atoms with Crippen LogP contribution in [-0.4, -0.2) is 24.7 Å². The number of carbonyl (C=O) groups excluding carboxylic acids is 1. The van der Waals surface area contributed by atoms with Gasteiger partial charge in [0.05, 0.1) is 13.7 Å². The number of halogens is 1. The molecular weight excluding hydrogens is 366 g/mol. The maximum Gasteiger partial charge on any atom is 0.357 e. The molecule has 0 N–H and O–H groups in total. The molecule has 1 aromatic heterocycles. The first-order valence-electron chi connectivity index (χ1n) is 7.06. The zero-order valence-corrected chi connectivity index (χ0v) is 14.8. The fourth-order valence-electron chi connectivity index (χ4n) is 2.00. The van der Waals surface area contributed by atoms with Crippen LogP contribution in [0.1, 0.15) is 33.8 Å². The van der Waals surface area contributed by atoms with Crippen molar-refractivity contribution in [2.75, 3.05) is 13.7 Å². The molecule has 1 aromatic carbocycles. The van der Waals surface area contributed by atoms with Crippen molar-refractivity contribution >= 4 is 33.2 Å². The summed E-state index contributed by atoms with van der Waals surface area (Å²) in [7, 11) is 1.37. The Morgan fingerprint density at radius 3 is 2.77 bits per heavy atom. The van der Waals surface area contributed by atoms with E-state index in [9.17, 15) is 4.79 Å². The Kier molecular flexibility index (Phi) is 7.02. The average molecular weight is 384 g/mol. The molecule has 0 amide bonds. The van der Waals surface area contributed by atoms with E-state index in [2.05, 4.69) is 33.0 Å². The summed E-state index contributed by atoms with van der Waals surface area (Å²) in [5, 5.41) is 0. The predicted molar refractivity (Wildman–Crippen MR) is 90.2 cm³/mol. The van der Waals surface area contributed by atoms with E-state index >= 15 is 0 Å². The van der Waals surface area contributed by atoms with Crippen molar-refractivity contribution < 1.29 is 14.3 Å². The number of methoxy groups -OCH3 is 1. The van der Waals surface area contributed by atoms with Crippen LogP contribution in [0.15, 0.2) is 34.2 Å². The second-order valence-electron chi connectivity index (χ2n) is 4.73. The molecule has 0 aliphatic rings. The largest absolute Gasteiger partial charge is 0.464 e. The molecule has 0 fully saturated rings. The van der Waals surface area contributed by atoms with Crippen molar-refractivity contribution in [3.8, 4) is 0 Å². The number of ether oxygens (including phenoxy) is 2. The molecule has 0 saturated heterocycles. The maximum absolute atomic E-state index is 11.6. The Labute approximate surface area is 142 Å². The van der Waals surface area contributed by atoms with E-state index in [1.165, 1.54) is 24.0 Å². The molecule has 0 aliphatic carbocycles. The van der Waals surface area contributed by atoms with Gasteiger partial charge in [-0.25, -0.2) is 9.78 Å². The number of carbonyl (C=O) groups is 1. The normalized spacial score (nSPS) is 10.6. The molecule has 4 nitrogen and oxygen atoms in total. The number of aryl methyl sites for hydroxylation is 1. The number of hydrogen-bond donors (Lipinski definition) is 0. The number of nitrogens with zero attached hydrogens (tertiary/aromatic N) is 1. The summed E-state index contributed by atoms with van der Waals surface area (Å²) >= 11 is 4.80. The second-order valence-corrected chi connectivity index (χ2v) is 7.09. The Hall–Kier alpha value is -1.24. The van der Waals surface area contributed by atoms with Gasteiger partial charge in [-0.3, -0.25) is 0 Å². The van der Waals surface area contributed by atoms with E-state index in [0.29, 0.717) is 22.8 Å². The van der Waals surface area contributed by atoms with E-state index < -0.39 is 0 Å². The molecule has 22 heavy (non-hydrogen) atoms. The lowest BCUT2D eigenvalue weighted by Gasteiger charge is -2.04. The Morgan fingerprint density at radius 1 is 1.27 bits per heavy atom. The van der Waals surface area contributed by atoms with E-state index in [1.807, 2.05) is 18.2 Å². The quantitative estimate of drug-likeness (QED) is 0.505. The minimum Gasteiger partial charge on any atom is -0.464 e. The van der Waals surface area contributed by atoms with Crippen LogP contribution in [0.2, 0.25) is 0 Å². The summed E-state index contributed by atoms with van der Waals surface area (Å²) in [6, 6.07) is 10.1. The van der Waals surface area contributed by atoms with Crippen LogP contribution in [0, 0.1) is 0 Å². The van der Waals surface area contributed by atoms with E-state index in [4.69, 9.17) is 9.47 Å². The first-order chi connectivity index (χ1) is 10.7. The summed E-state index contributed by atoms with van der Waals surface area (Å²) < 4.78 is 11.1. The van der Waals surface area contributed by atoms with Gasteiger partial charge in [-0.15, -0.1) is 11.3 Å². The summed E-state index contributed by atoms with van der Waals surface area (Å²) in [6.45, 7) is 1.35. The van der Waals surface area contributed by atoms with Gasteiger partial charge in [0, 0.05) is 11.5 Å². The maximum atomic E-state index is 11.6. The molecule has 0 radical (unpaired) electrons. The van der Waals surface area contributed by atoms with Crippen LogP contribution in [0.3, 0.4) is 0 Å². The highest BCUT2D eigenvalue weighted by Crippen LogP contribution is 2.25.